The predicted molar refractivity (Wildman–Crippen MR) is 75.1 cm³/mol. The lowest BCUT2D eigenvalue weighted by atomic mass is 10.3. The second kappa shape index (κ2) is 6.05. The highest BCUT2D eigenvalue weighted by Gasteiger charge is 2.08. The molecular weight excluding hydrogens is 258 g/mol. The molecule has 0 bridgehead atoms. The molecule has 0 aromatic carbocycles. The Bertz CT molecular complexity index is 621. The van der Waals surface area contributed by atoms with Gasteiger partial charge >= 0.3 is 0 Å². The summed E-state index contributed by atoms with van der Waals surface area (Å²) in [5, 5.41) is 3.15. The van der Waals surface area contributed by atoms with Crippen molar-refractivity contribution >= 4 is 11.9 Å². The maximum Gasteiger partial charge on any atom is 0.218 e. The summed E-state index contributed by atoms with van der Waals surface area (Å²) >= 11 is 0. The number of nitrogens with two attached hydrogens (primary N) is 1. The maximum atomic E-state index is 5.49. The number of aryl methyl sites for hydroxylation is 2. The van der Waals surface area contributed by atoms with Gasteiger partial charge in [-0.2, -0.15) is 4.98 Å². The molecular formula is C13H17N5O2. The largest absolute Gasteiger partial charge is 0.481 e. The van der Waals surface area contributed by atoms with E-state index in [1.165, 1.54) is 6.20 Å². The molecule has 2 aromatic heterocycles. The minimum absolute atomic E-state index is 0.459. The lowest BCUT2D eigenvalue weighted by Gasteiger charge is -2.07. The molecule has 0 saturated carbocycles. The smallest absolute Gasteiger partial charge is 0.218 e. The third-order valence-electron chi connectivity index (χ3n) is 2.60. The summed E-state index contributed by atoms with van der Waals surface area (Å²) in [6, 6.07) is 1.70. The number of nitrogens with one attached hydrogen (secondary N) is 1. The number of oxazole rings is 1. The van der Waals surface area contributed by atoms with E-state index in [1.54, 1.807) is 19.3 Å². The summed E-state index contributed by atoms with van der Waals surface area (Å²) in [5.74, 6) is 2.97. The fourth-order valence-corrected chi connectivity index (χ4v) is 1.71. The Morgan fingerprint density at radius 1 is 1.35 bits per heavy atom. The minimum atomic E-state index is 0.459. The summed E-state index contributed by atoms with van der Waals surface area (Å²) < 4.78 is 10.6. The first-order chi connectivity index (χ1) is 9.62. The van der Waals surface area contributed by atoms with Crippen LogP contribution in [0.2, 0.25) is 0 Å². The van der Waals surface area contributed by atoms with Crippen LogP contribution in [-0.4, -0.2) is 22.1 Å². The summed E-state index contributed by atoms with van der Waals surface area (Å²) in [4.78, 5) is 12.6. The van der Waals surface area contributed by atoms with Gasteiger partial charge in [-0.15, -0.1) is 0 Å². The third-order valence-corrected chi connectivity index (χ3v) is 2.60. The predicted octanol–water partition coefficient (Wildman–Crippen LogP) is 1.63. The first-order valence-electron chi connectivity index (χ1n) is 6.10. The molecule has 2 aromatic rings. The monoisotopic (exact) mass is 275 g/mol. The van der Waals surface area contributed by atoms with E-state index in [4.69, 9.17) is 14.9 Å². The second-order valence-electron chi connectivity index (χ2n) is 4.11. The van der Waals surface area contributed by atoms with Crippen LogP contribution in [0.3, 0.4) is 0 Å². The number of rotatable bonds is 5. The highest BCUT2D eigenvalue weighted by atomic mass is 16.5. The van der Waals surface area contributed by atoms with Crippen molar-refractivity contribution in [3.05, 3.63) is 35.4 Å². The van der Waals surface area contributed by atoms with E-state index in [0.717, 1.165) is 11.5 Å². The molecule has 7 heteroatoms. The zero-order valence-corrected chi connectivity index (χ0v) is 11.7. The maximum absolute atomic E-state index is 5.49. The molecule has 0 fully saturated rings. The lowest BCUT2D eigenvalue weighted by molar-refractivity contribution is 0.396. The van der Waals surface area contributed by atoms with Crippen LogP contribution in [0.15, 0.2) is 16.7 Å². The molecule has 0 aliphatic rings. The van der Waals surface area contributed by atoms with Crippen molar-refractivity contribution in [3.8, 4) is 5.88 Å². The Morgan fingerprint density at radius 2 is 2.15 bits per heavy atom. The summed E-state index contributed by atoms with van der Waals surface area (Å²) in [7, 11) is 1.55. The number of methoxy groups -OCH3 is 1. The molecule has 0 unspecified atom stereocenters. The topological polar surface area (TPSA) is 99.1 Å². The van der Waals surface area contributed by atoms with Gasteiger partial charge in [0.2, 0.25) is 5.88 Å². The van der Waals surface area contributed by atoms with Gasteiger partial charge < -0.3 is 20.2 Å². The quantitative estimate of drug-likeness (QED) is 0.855. The molecule has 0 spiro atoms. The van der Waals surface area contributed by atoms with Gasteiger partial charge in [-0.05, 0) is 19.2 Å². The van der Waals surface area contributed by atoms with Crippen LogP contribution in [0.5, 0.6) is 5.88 Å². The summed E-state index contributed by atoms with van der Waals surface area (Å²) in [5.41, 5.74) is 6.20. The van der Waals surface area contributed by atoms with Crippen LogP contribution < -0.4 is 15.8 Å². The minimum Gasteiger partial charge on any atom is -0.481 e. The van der Waals surface area contributed by atoms with Gasteiger partial charge in [0.25, 0.3) is 0 Å². The number of ether oxygens (including phenoxy) is 1. The van der Waals surface area contributed by atoms with E-state index in [-0.39, 0.29) is 0 Å². The van der Waals surface area contributed by atoms with Crippen LogP contribution in [0.4, 0.5) is 5.82 Å². The fraction of sp³-hybridized carbons (Fsp3) is 0.308. The highest BCUT2D eigenvalue weighted by Crippen LogP contribution is 2.16. The fourth-order valence-electron chi connectivity index (χ4n) is 1.71. The van der Waals surface area contributed by atoms with Crippen LogP contribution in [-0.2, 0) is 6.54 Å². The Hall–Kier alpha value is -2.57. The Kier molecular flexibility index (Phi) is 4.19. The van der Waals surface area contributed by atoms with E-state index >= 15 is 0 Å². The molecule has 2 heterocycles. The van der Waals surface area contributed by atoms with Gasteiger partial charge in [-0.25, -0.2) is 9.97 Å². The van der Waals surface area contributed by atoms with Crippen LogP contribution in [0.1, 0.15) is 23.2 Å². The number of aromatic nitrogens is 3. The molecule has 0 saturated heterocycles. The molecule has 7 nitrogen and oxygen atoms in total. The number of nitrogens with zero attached hydrogens (tertiary/aromatic N) is 3. The van der Waals surface area contributed by atoms with Crippen molar-refractivity contribution in [3.63, 3.8) is 0 Å². The Morgan fingerprint density at radius 3 is 2.75 bits per heavy atom. The van der Waals surface area contributed by atoms with E-state index in [1.807, 2.05) is 13.8 Å². The van der Waals surface area contributed by atoms with Crippen molar-refractivity contribution < 1.29 is 9.15 Å². The Balaban J connectivity index is 2.16. The summed E-state index contributed by atoms with van der Waals surface area (Å²) in [6.45, 7) is 4.20. The number of anilines is 1. The lowest BCUT2D eigenvalue weighted by Crippen LogP contribution is -2.04. The summed E-state index contributed by atoms with van der Waals surface area (Å²) in [6.07, 6.45) is 2.97. The zero-order chi connectivity index (χ0) is 14.5. The molecule has 20 heavy (non-hydrogen) atoms. The van der Waals surface area contributed by atoms with Crippen molar-refractivity contribution in [2.24, 2.45) is 5.73 Å². The average molecular weight is 275 g/mol. The molecule has 0 aliphatic carbocycles. The standard InChI is InChI=1S/C13H17N5O2/c1-8-10(20-9(2)16-8)7-15-12-6-13(19-3)18-11(17-12)4-5-14/h4-6H,7,14H2,1-3H3,(H,15,17,18). The van der Waals surface area contributed by atoms with Gasteiger partial charge in [0.15, 0.2) is 11.7 Å². The second-order valence-corrected chi connectivity index (χ2v) is 4.11. The first kappa shape index (κ1) is 13.9. The van der Waals surface area contributed by atoms with Gasteiger partial charge in [-0.3, -0.25) is 0 Å². The van der Waals surface area contributed by atoms with Gasteiger partial charge in [0.05, 0.1) is 19.3 Å². The molecule has 0 radical (unpaired) electrons. The van der Waals surface area contributed by atoms with Gasteiger partial charge in [0.1, 0.15) is 11.6 Å². The van der Waals surface area contributed by atoms with Crippen LogP contribution >= 0.6 is 0 Å². The van der Waals surface area contributed by atoms with E-state index in [9.17, 15) is 0 Å². The van der Waals surface area contributed by atoms with E-state index in [2.05, 4.69) is 20.3 Å². The number of hydrogen-bond acceptors (Lipinski definition) is 7. The van der Waals surface area contributed by atoms with Crippen LogP contribution in [0, 0.1) is 13.8 Å². The highest BCUT2D eigenvalue weighted by molar-refractivity contribution is 5.47. The molecule has 2 rings (SSSR count). The van der Waals surface area contributed by atoms with Gasteiger partial charge in [0, 0.05) is 13.0 Å². The Labute approximate surface area is 116 Å². The van der Waals surface area contributed by atoms with E-state index in [0.29, 0.717) is 30.0 Å². The SMILES string of the molecule is COc1cc(NCc2oc(C)nc2C)nc(C=CN)n1. The number of hydrogen-bond donors (Lipinski definition) is 2. The zero-order valence-electron chi connectivity index (χ0n) is 11.7. The molecule has 106 valence electrons. The van der Waals surface area contributed by atoms with Crippen molar-refractivity contribution in [2.75, 3.05) is 12.4 Å². The van der Waals surface area contributed by atoms with E-state index < -0.39 is 0 Å². The van der Waals surface area contributed by atoms with Crippen molar-refractivity contribution in [2.45, 2.75) is 20.4 Å². The van der Waals surface area contributed by atoms with Crippen molar-refractivity contribution in [1.82, 2.24) is 15.0 Å². The molecule has 0 atom stereocenters. The average Bonchev–Trinajstić information content (AvgIpc) is 2.75. The first-order valence-corrected chi connectivity index (χ1v) is 6.10. The molecule has 3 N–H and O–H groups in total. The normalized spacial score (nSPS) is 10.9. The van der Waals surface area contributed by atoms with Gasteiger partial charge in [-0.1, -0.05) is 0 Å². The molecule has 0 amide bonds. The molecule has 0 aliphatic heterocycles. The third kappa shape index (κ3) is 3.25. The van der Waals surface area contributed by atoms with Crippen LogP contribution in [0.25, 0.3) is 6.08 Å². The van der Waals surface area contributed by atoms with Crippen molar-refractivity contribution in [1.29, 1.82) is 0 Å².